The van der Waals surface area contributed by atoms with E-state index in [1.165, 1.54) is 11.3 Å². The molecule has 0 saturated carbocycles. The number of hydrogen-bond donors (Lipinski definition) is 1. The molecule has 0 saturated heterocycles. The zero-order valence-corrected chi connectivity index (χ0v) is 16.9. The maximum Gasteiger partial charge on any atom is 0.229 e. The van der Waals surface area contributed by atoms with Crippen molar-refractivity contribution in [1.29, 1.82) is 0 Å². The first-order valence-corrected chi connectivity index (χ1v) is 9.88. The van der Waals surface area contributed by atoms with E-state index in [0.717, 1.165) is 32.3 Å². The van der Waals surface area contributed by atoms with Crippen molar-refractivity contribution >= 4 is 34.0 Å². The normalized spacial score (nSPS) is 10.6. The summed E-state index contributed by atoms with van der Waals surface area (Å²) in [5.74, 6) is 0.676. The van der Waals surface area contributed by atoms with Crippen LogP contribution in [0.1, 0.15) is 28.0 Å². The Bertz CT molecular complexity index is 919. The topological polar surface area (TPSA) is 51.2 Å². The summed E-state index contributed by atoms with van der Waals surface area (Å²) in [6.45, 7) is 4.37. The minimum atomic E-state index is -0.113. The van der Waals surface area contributed by atoms with E-state index in [-0.39, 0.29) is 12.3 Å². The van der Waals surface area contributed by atoms with Crippen LogP contribution in [0.4, 0.5) is 5.13 Å². The molecule has 27 heavy (non-hydrogen) atoms. The highest BCUT2D eigenvalue weighted by Gasteiger charge is 2.09. The molecular weight excluding hydrogens is 380 g/mol. The monoisotopic (exact) mass is 400 g/mol. The molecule has 6 heteroatoms. The summed E-state index contributed by atoms with van der Waals surface area (Å²) < 4.78 is 5.68. The fourth-order valence-corrected chi connectivity index (χ4v) is 3.79. The maximum atomic E-state index is 12.1. The summed E-state index contributed by atoms with van der Waals surface area (Å²) in [7, 11) is 0. The van der Waals surface area contributed by atoms with Crippen molar-refractivity contribution < 1.29 is 9.53 Å². The number of carbonyl (C=O) groups excluding carboxylic acids is 1. The van der Waals surface area contributed by atoms with Crippen molar-refractivity contribution in [1.82, 2.24) is 4.98 Å². The van der Waals surface area contributed by atoms with Crippen LogP contribution in [0.25, 0.3) is 0 Å². The molecule has 0 bridgehead atoms. The summed E-state index contributed by atoms with van der Waals surface area (Å²) in [6, 6.07) is 13.7. The Hall–Kier alpha value is -2.37. The van der Waals surface area contributed by atoms with Gasteiger partial charge in [-0.1, -0.05) is 35.9 Å². The van der Waals surface area contributed by atoms with Gasteiger partial charge in [-0.25, -0.2) is 4.98 Å². The molecule has 1 heterocycles. The fourth-order valence-electron chi connectivity index (χ4n) is 2.74. The van der Waals surface area contributed by atoms with Crippen LogP contribution in [-0.2, 0) is 11.2 Å². The summed E-state index contributed by atoms with van der Waals surface area (Å²) in [6.07, 6.45) is 2.74. The molecule has 1 amide bonds. The number of nitrogens with one attached hydrogen (secondary N) is 1. The number of ether oxygens (including phenoxy) is 1. The number of hydrogen-bond acceptors (Lipinski definition) is 4. The Balaban J connectivity index is 1.48. The van der Waals surface area contributed by atoms with Gasteiger partial charge in [0.05, 0.1) is 13.0 Å². The van der Waals surface area contributed by atoms with Crippen LogP contribution in [-0.4, -0.2) is 17.5 Å². The lowest BCUT2D eigenvalue weighted by atomic mass is 10.1. The molecule has 0 unspecified atom stereocenters. The molecule has 3 aromatic rings. The smallest absolute Gasteiger partial charge is 0.229 e. The van der Waals surface area contributed by atoms with E-state index in [4.69, 9.17) is 16.3 Å². The standard InChI is InChI=1S/C21H21ClN2O2S/c1-14-9-15(2)11-17(10-14)26-8-7-20(25)24-21-23-13-18(27-21)12-16-5-3-4-6-19(16)22/h3-6,9-11,13H,7-8,12H2,1-2H3,(H,23,24,25). The number of halogens is 1. The fraction of sp³-hybridized carbons (Fsp3) is 0.238. The number of aryl methyl sites for hydroxylation is 2. The van der Waals surface area contributed by atoms with Crippen LogP contribution in [0.15, 0.2) is 48.7 Å². The van der Waals surface area contributed by atoms with Gasteiger partial charge in [0, 0.05) is 22.5 Å². The summed E-state index contributed by atoms with van der Waals surface area (Å²) in [5.41, 5.74) is 3.33. The van der Waals surface area contributed by atoms with Gasteiger partial charge in [0.2, 0.25) is 5.91 Å². The second-order valence-electron chi connectivity index (χ2n) is 6.37. The van der Waals surface area contributed by atoms with Crippen molar-refractivity contribution in [2.45, 2.75) is 26.7 Å². The highest BCUT2D eigenvalue weighted by Crippen LogP contribution is 2.24. The van der Waals surface area contributed by atoms with Crippen molar-refractivity contribution in [3.8, 4) is 5.75 Å². The average Bonchev–Trinajstić information content (AvgIpc) is 3.03. The number of nitrogens with zero attached hydrogens (tertiary/aromatic N) is 1. The number of rotatable bonds is 7. The summed E-state index contributed by atoms with van der Waals surface area (Å²) in [5, 5.41) is 4.15. The number of anilines is 1. The van der Waals surface area contributed by atoms with E-state index in [2.05, 4.69) is 16.4 Å². The summed E-state index contributed by atoms with van der Waals surface area (Å²) in [4.78, 5) is 17.4. The Morgan fingerprint density at radius 2 is 1.93 bits per heavy atom. The van der Waals surface area contributed by atoms with Crippen molar-refractivity contribution in [3.63, 3.8) is 0 Å². The SMILES string of the molecule is Cc1cc(C)cc(OCCC(=O)Nc2ncc(Cc3ccccc3Cl)s2)c1. The Labute approximate surface area is 168 Å². The third-order valence-corrected chi connectivity index (χ3v) is 5.20. The minimum Gasteiger partial charge on any atom is -0.493 e. The van der Waals surface area contributed by atoms with Crippen LogP contribution < -0.4 is 10.1 Å². The molecule has 0 spiro atoms. The zero-order chi connectivity index (χ0) is 19.2. The molecule has 1 N–H and O–H groups in total. The average molecular weight is 401 g/mol. The Morgan fingerprint density at radius 1 is 1.19 bits per heavy atom. The highest BCUT2D eigenvalue weighted by atomic mass is 35.5. The van der Waals surface area contributed by atoms with E-state index >= 15 is 0 Å². The largest absolute Gasteiger partial charge is 0.493 e. The van der Waals surface area contributed by atoms with Crippen molar-refractivity contribution in [2.24, 2.45) is 0 Å². The van der Waals surface area contributed by atoms with Gasteiger partial charge < -0.3 is 10.1 Å². The molecule has 140 valence electrons. The number of aromatic nitrogens is 1. The van der Waals surface area contributed by atoms with Gasteiger partial charge in [-0.05, 0) is 48.7 Å². The van der Waals surface area contributed by atoms with Crippen LogP contribution in [0.5, 0.6) is 5.75 Å². The molecule has 3 rings (SSSR count). The van der Waals surface area contributed by atoms with E-state index in [0.29, 0.717) is 18.2 Å². The highest BCUT2D eigenvalue weighted by molar-refractivity contribution is 7.15. The van der Waals surface area contributed by atoms with Crippen molar-refractivity contribution in [3.05, 3.63) is 75.3 Å². The van der Waals surface area contributed by atoms with Gasteiger partial charge >= 0.3 is 0 Å². The molecule has 2 aromatic carbocycles. The second kappa shape index (κ2) is 9.02. The third-order valence-electron chi connectivity index (χ3n) is 3.92. The van der Waals surface area contributed by atoms with Crippen LogP contribution >= 0.6 is 22.9 Å². The first-order valence-electron chi connectivity index (χ1n) is 8.68. The lowest BCUT2D eigenvalue weighted by Gasteiger charge is -2.08. The first-order chi connectivity index (χ1) is 13.0. The predicted octanol–water partition coefficient (Wildman–Crippen LogP) is 5.41. The van der Waals surface area contributed by atoms with E-state index in [9.17, 15) is 4.79 Å². The predicted molar refractivity (Wildman–Crippen MR) is 111 cm³/mol. The van der Waals surface area contributed by atoms with E-state index in [1.807, 2.05) is 50.2 Å². The number of carbonyl (C=O) groups is 1. The lowest BCUT2D eigenvalue weighted by Crippen LogP contribution is -2.15. The molecule has 0 aliphatic carbocycles. The van der Waals surface area contributed by atoms with E-state index < -0.39 is 0 Å². The molecule has 0 aliphatic heterocycles. The van der Waals surface area contributed by atoms with Gasteiger partial charge in [0.15, 0.2) is 5.13 Å². The molecule has 0 aliphatic rings. The van der Waals surface area contributed by atoms with Gasteiger partial charge in [-0.3, -0.25) is 4.79 Å². The Morgan fingerprint density at radius 3 is 2.67 bits per heavy atom. The molecule has 0 atom stereocenters. The Kier molecular flexibility index (Phi) is 6.48. The molecule has 4 nitrogen and oxygen atoms in total. The number of thiazole rings is 1. The lowest BCUT2D eigenvalue weighted by molar-refractivity contribution is -0.116. The second-order valence-corrected chi connectivity index (χ2v) is 7.89. The van der Waals surface area contributed by atoms with Gasteiger partial charge in [0.25, 0.3) is 0 Å². The molecule has 1 aromatic heterocycles. The first kappa shape index (κ1) is 19.4. The maximum absolute atomic E-state index is 12.1. The van der Waals surface area contributed by atoms with Crippen LogP contribution in [0.3, 0.4) is 0 Å². The number of benzene rings is 2. The summed E-state index contributed by atoms with van der Waals surface area (Å²) >= 11 is 7.65. The quantitative estimate of drug-likeness (QED) is 0.576. The zero-order valence-electron chi connectivity index (χ0n) is 15.3. The van der Waals surface area contributed by atoms with Crippen molar-refractivity contribution in [2.75, 3.05) is 11.9 Å². The minimum absolute atomic E-state index is 0.113. The van der Waals surface area contributed by atoms with Gasteiger partial charge in [-0.2, -0.15) is 0 Å². The van der Waals surface area contributed by atoms with E-state index in [1.54, 1.807) is 6.20 Å². The molecule has 0 fully saturated rings. The van der Waals surface area contributed by atoms with Gasteiger partial charge in [0.1, 0.15) is 5.75 Å². The molecule has 0 radical (unpaired) electrons. The van der Waals surface area contributed by atoms with Crippen LogP contribution in [0, 0.1) is 13.8 Å². The van der Waals surface area contributed by atoms with Crippen LogP contribution in [0.2, 0.25) is 5.02 Å². The van der Waals surface area contributed by atoms with Gasteiger partial charge in [-0.15, -0.1) is 11.3 Å². The molecular formula is C21H21ClN2O2S. The number of amides is 1. The third kappa shape index (κ3) is 5.81.